The molecule has 0 saturated carbocycles. The fraction of sp³-hybridized carbons (Fsp3) is 0.333. The number of hydrogen-bond donors (Lipinski definition) is 1. The predicted octanol–water partition coefficient (Wildman–Crippen LogP) is 1.44. The van der Waals surface area contributed by atoms with E-state index in [0.29, 0.717) is 13.1 Å². The van der Waals surface area contributed by atoms with Gasteiger partial charge >= 0.3 is 0 Å². The minimum Gasteiger partial charge on any atom is -0.346 e. The van der Waals surface area contributed by atoms with Crippen molar-refractivity contribution < 1.29 is 14.0 Å². The lowest BCUT2D eigenvalue weighted by molar-refractivity contribution is -0.133. The minimum atomic E-state index is -0.622. The summed E-state index contributed by atoms with van der Waals surface area (Å²) in [5.41, 5.74) is 0.221. The van der Waals surface area contributed by atoms with E-state index in [2.05, 4.69) is 5.32 Å². The van der Waals surface area contributed by atoms with Gasteiger partial charge in [0.05, 0.1) is 11.1 Å². The predicted molar refractivity (Wildman–Crippen MR) is 64.9 cm³/mol. The van der Waals surface area contributed by atoms with Crippen LogP contribution in [0.15, 0.2) is 18.2 Å². The number of nitrogens with zero attached hydrogens (tertiary/aromatic N) is 1. The molecule has 6 heteroatoms. The summed E-state index contributed by atoms with van der Waals surface area (Å²) < 4.78 is 13.2. The second-order valence-corrected chi connectivity index (χ2v) is 4.63. The fourth-order valence-corrected chi connectivity index (χ4v) is 1.85. The quantitative estimate of drug-likeness (QED) is 0.884. The average Bonchev–Trinajstić information content (AvgIpc) is 2.25. The molecule has 0 unspecified atom stereocenters. The number of hydrogen-bond acceptors (Lipinski definition) is 2. The third-order valence-corrected chi connectivity index (χ3v) is 3.15. The van der Waals surface area contributed by atoms with Crippen molar-refractivity contribution in [3.63, 3.8) is 0 Å². The molecule has 1 heterocycles. The first kappa shape index (κ1) is 12.8. The maximum Gasteiger partial charge on any atom is 0.251 e. The van der Waals surface area contributed by atoms with Crippen LogP contribution in [0.1, 0.15) is 17.3 Å². The number of likely N-dealkylation sites (tertiary alicyclic amines) is 1. The lowest BCUT2D eigenvalue weighted by Crippen LogP contribution is -2.60. The number of benzene rings is 1. The molecule has 0 spiro atoms. The largest absolute Gasteiger partial charge is 0.346 e. The molecule has 0 bridgehead atoms. The topological polar surface area (TPSA) is 49.4 Å². The molecule has 18 heavy (non-hydrogen) atoms. The van der Waals surface area contributed by atoms with Gasteiger partial charge in [-0.1, -0.05) is 11.6 Å². The Kier molecular flexibility index (Phi) is 3.52. The van der Waals surface area contributed by atoms with Crippen LogP contribution in [0.25, 0.3) is 0 Å². The highest BCUT2D eigenvalue weighted by atomic mass is 35.5. The summed E-state index contributed by atoms with van der Waals surface area (Å²) in [6, 6.07) is 3.83. The van der Waals surface area contributed by atoms with Crippen LogP contribution in [0.5, 0.6) is 0 Å². The highest BCUT2D eigenvalue weighted by Gasteiger charge is 2.29. The van der Waals surface area contributed by atoms with E-state index in [4.69, 9.17) is 11.6 Å². The van der Waals surface area contributed by atoms with Crippen molar-refractivity contribution in [1.82, 2.24) is 10.2 Å². The van der Waals surface area contributed by atoms with Gasteiger partial charge in [0.1, 0.15) is 5.82 Å². The molecule has 96 valence electrons. The van der Waals surface area contributed by atoms with Crippen LogP contribution in [0.3, 0.4) is 0 Å². The van der Waals surface area contributed by atoms with Crippen molar-refractivity contribution in [2.75, 3.05) is 13.1 Å². The molecule has 4 nitrogen and oxygen atoms in total. The summed E-state index contributed by atoms with van der Waals surface area (Å²) in [5.74, 6) is -1.000. The van der Waals surface area contributed by atoms with E-state index >= 15 is 0 Å². The Labute approximate surface area is 109 Å². The Morgan fingerprint density at radius 3 is 2.67 bits per heavy atom. The summed E-state index contributed by atoms with van der Waals surface area (Å²) in [5, 5.41) is 2.71. The molecule has 0 aliphatic carbocycles. The van der Waals surface area contributed by atoms with E-state index in [1.165, 1.54) is 19.1 Å². The first-order valence-electron chi connectivity index (χ1n) is 5.49. The second kappa shape index (κ2) is 4.94. The van der Waals surface area contributed by atoms with Gasteiger partial charge in [0.15, 0.2) is 0 Å². The smallest absolute Gasteiger partial charge is 0.251 e. The van der Waals surface area contributed by atoms with Crippen molar-refractivity contribution in [2.24, 2.45) is 0 Å². The Bertz CT molecular complexity index is 501. The van der Waals surface area contributed by atoms with Crippen molar-refractivity contribution in [1.29, 1.82) is 0 Å². The Morgan fingerprint density at radius 2 is 2.11 bits per heavy atom. The summed E-state index contributed by atoms with van der Waals surface area (Å²) in [4.78, 5) is 24.3. The minimum absolute atomic E-state index is 0.0157. The zero-order valence-electron chi connectivity index (χ0n) is 9.74. The molecule has 2 amide bonds. The van der Waals surface area contributed by atoms with Crippen molar-refractivity contribution >= 4 is 23.4 Å². The number of carbonyl (C=O) groups is 2. The van der Waals surface area contributed by atoms with E-state index in [9.17, 15) is 14.0 Å². The molecule has 1 N–H and O–H groups in total. The summed E-state index contributed by atoms with van der Waals surface area (Å²) in [6.45, 7) is 2.47. The highest BCUT2D eigenvalue weighted by Crippen LogP contribution is 2.16. The molecule has 1 fully saturated rings. The van der Waals surface area contributed by atoms with E-state index in [-0.39, 0.29) is 28.4 Å². The lowest BCUT2D eigenvalue weighted by Gasteiger charge is -2.38. The third kappa shape index (κ3) is 2.61. The molecule has 1 aliphatic heterocycles. The maximum atomic E-state index is 13.2. The molecule has 0 aromatic heterocycles. The van der Waals surface area contributed by atoms with E-state index in [0.717, 1.165) is 6.07 Å². The Morgan fingerprint density at radius 1 is 1.44 bits per heavy atom. The van der Waals surface area contributed by atoms with Gasteiger partial charge in [-0.15, -0.1) is 0 Å². The summed E-state index contributed by atoms with van der Waals surface area (Å²) in [6.07, 6.45) is 0. The standard InChI is InChI=1S/C12H12ClFN2O2/c1-7(17)16-5-9(6-16)15-12(18)8-2-3-10(13)11(14)4-8/h2-4,9H,5-6H2,1H3,(H,15,18). The van der Waals surface area contributed by atoms with E-state index in [1.807, 2.05) is 0 Å². The van der Waals surface area contributed by atoms with Gasteiger partial charge in [-0.2, -0.15) is 0 Å². The highest BCUT2D eigenvalue weighted by molar-refractivity contribution is 6.30. The van der Waals surface area contributed by atoms with Crippen LogP contribution in [-0.2, 0) is 4.79 Å². The number of amides is 2. The molecule has 2 rings (SSSR count). The van der Waals surface area contributed by atoms with Crippen LogP contribution in [0, 0.1) is 5.82 Å². The van der Waals surface area contributed by atoms with E-state index < -0.39 is 5.82 Å². The number of rotatable bonds is 2. The Balaban J connectivity index is 1.93. The number of halogens is 2. The number of carbonyl (C=O) groups excluding carboxylic acids is 2. The molecule has 1 aromatic rings. The van der Waals surface area contributed by atoms with Gasteiger partial charge in [-0.3, -0.25) is 9.59 Å². The van der Waals surface area contributed by atoms with Gasteiger partial charge in [0, 0.05) is 25.6 Å². The molecule has 0 atom stereocenters. The van der Waals surface area contributed by atoms with Crippen LogP contribution >= 0.6 is 11.6 Å². The van der Waals surface area contributed by atoms with E-state index in [1.54, 1.807) is 4.90 Å². The SMILES string of the molecule is CC(=O)N1CC(NC(=O)c2ccc(Cl)c(F)c2)C1. The van der Waals surface area contributed by atoms with Crippen molar-refractivity contribution in [2.45, 2.75) is 13.0 Å². The molecule has 0 radical (unpaired) electrons. The fourth-order valence-electron chi connectivity index (χ4n) is 1.73. The summed E-state index contributed by atoms with van der Waals surface area (Å²) in [7, 11) is 0. The average molecular weight is 271 g/mol. The van der Waals surface area contributed by atoms with Crippen LogP contribution < -0.4 is 5.32 Å². The second-order valence-electron chi connectivity index (χ2n) is 4.22. The lowest BCUT2D eigenvalue weighted by atomic mass is 10.1. The van der Waals surface area contributed by atoms with Crippen LogP contribution in [-0.4, -0.2) is 35.8 Å². The van der Waals surface area contributed by atoms with Gasteiger partial charge in [-0.25, -0.2) is 4.39 Å². The van der Waals surface area contributed by atoms with Crippen molar-refractivity contribution in [3.8, 4) is 0 Å². The first-order valence-corrected chi connectivity index (χ1v) is 5.86. The van der Waals surface area contributed by atoms with Gasteiger partial charge in [0.2, 0.25) is 5.91 Å². The first-order chi connectivity index (χ1) is 8.47. The molecular weight excluding hydrogens is 259 g/mol. The number of nitrogens with one attached hydrogen (secondary N) is 1. The van der Waals surface area contributed by atoms with Gasteiger partial charge in [-0.05, 0) is 18.2 Å². The molecule has 1 aliphatic rings. The third-order valence-electron chi connectivity index (χ3n) is 2.84. The Hall–Kier alpha value is -1.62. The zero-order valence-corrected chi connectivity index (χ0v) is 10.5. The van der Waals surface area contributed by atoms with Gasteiger partial charge < -0.3 is 10.2 Å². The molecular formula is C12H12ClFN2O2. The van der Waals surface area contributed by atoms with Gasteiger partial charge in [0.25, 0.3) is 5.91 Å². The van der Waals surface area contributed by atoms with Crippen molar-refractivity contribution in [3.05, 3.63) is 34.6 Å². The van der Waals surface area contributed by atoms with Crippen LogP contribution in [0.4, 0.5) is 4.39 Å². The molecule has 1 saturated heterocycles. The van der Waals surface area contributed by atoms with Crippen LogP contribution in [0.2, 0.25) is 5.02 Å². The normalized spacial score (nSPS) is 15.2. The summed E-state index contributed by atoms with van der Waals surface area (Å²) >= 11 is 5.53. The monoisotopic (exact) mass is 270 g/mol. The zero-order chi connectivity index (χ0) is 13.3. The maximum absolute atomic E-state index is 13.2. The molecule has 1 aromatic carbocycles.